The van der Waals surface area contributed by atoms with E-state index in [1.54, 1.807) is 29.2 Å². The van der Waals surface area contributed by atoms with Crippen molar-refractivity contribution in [2.75, 3.05) is 13.1 Å². The van der Waals surface area contributed by atoms with E-state index in [2.05, 4.69) is 10.4 Å². The minimum Gasteiger partial charge on any atom is -0.481 e. The molecule has 8 heteroatoms. The minimum absolute atomic E-state index is 0.0324. The smallest absolute Gasteiger partial charge is 0.303 e. The number of benzene rings is 1. The number of amides is 2. The lowest BCUT2D eigenvalue weighted by Gasteiger charge is -2.27. The van der Waals surface area contributed by atoms with Crippen LogP contribution < -0.4 is 5.32 Å². The molecule has 26 heavy (non-hydrogen) atoms. The number of aromatic nitrogens is 2. The highest BCUT2D eigenvalue weighted by Crippen LogP contribution is 2.15. The molecule has 1 aromatic carbocycles. The van der Waals surface area contributed by atoms with Crippen LogP contribution >= 0.6 is 0 Å². The molecule has 0 unspecified atom stereocenters. The topological polar surface area (TPSA) is 105 Å². The van der Waals surface area contributed by atoms with Gasteiger partial charge in [0.1, 0.15) is 0 Å². The molecule has 2 N–H and O–H groups in total. The van der Waals surface area contributed by atoms with E-state index in [0.29, 0.717) is 37.3 Å². The van der Waals surface area contributed by atoms with Gasteiger partial charge in [0, 0.05) is 18.5 Å². The van der Waals surface area contributed by atoms with Gasteiger partial charge in [0.15, 0.2) is 0 Å². The molecule has 0 aliphatic carbocycles. The maximum Gasteiger partial charge on any atom is 0.303 e. The molecule has 8 nitrogen and oxygen atoms in total. The Morgan fingerprint density at radius 1 is 1.15 bits per heavy atom. The highest BCUT2D eigenvalue weighted by Gasteiger charge is 2.22. The quantitative estimate of drug-likeness (QED) is 0.792. The minimum atomic E-state index is -0.859. The van der Waals surface area contributed by atoms with E-state index in [0.717, 1.165) is 5.69 Å². The molecule has 3 rings (SSSR count). The Hall–Kier alpha value is -3.16. The normalized spacial score (nSPS) is 13.2. The van der Waals surface area contributed by atoms with Crippen molar-refractivity contribution >= 4 is 17.8 Å². The molecule has 2 amide bonds. The largest absolute Gasteiger partial charge is 0.481 e. The number of carbonyl (C=O) groups is 3. The van der Waals surface area contributed by atoms with Crippen LogP contribution in [0, 0.1) is 0 Å². The SMILES string of the molecule is O=C(O)CCc1cc2n(n1)CCN(C(=O)CNC(=O)c1ccccc1)C2. The second-order valence-corrected chi connectivity index (χ2v) is 6.11. The van der Waals surface area contributed by atoms with Gasteiger partial charge in [-0.25, -0.2) is 0 Å². The fraction of sp³-hybridized carbons (Fsp3) is 0.333. The molecule has 0 bridgehead atoms. The van der Waals surface area contributed by atoms with Crippen molar-refractivity contribution < 1.29 is 19.5 Å². The van der Waals surface area contributed by atoms with E-state index in [4.69, 9.17) is 5.11 Å². The highest BCUT2D eigenvalue weighted by atomic mass is 16.4. The Morgan fingerprint density at radius 3 is 2.65 bits per heavy atom. The summed E-state index contributed by atoms with van der Waals surface area (Å²) in [4.78, 5) is 36.7. The average Bonchev–Trinajstić information content (AvgIpc) is 3.07. The van der Waals surface area contributed by atoms with Crippen LogP contribution in [-0.2, 0) is 29.1 Å². The molecule has 0 radical (unpaired) electrons. The third kappa shape index (κ3) is 4.27. The lowest BCUT2D eigenvalue weighted by molar-refractivity contribution is -0.137. The molecule has 1 aromatic heterocycles. The Bertz CT molecular complexity index is 816. The van der Waals surface area contributed by atoms with Crippen LogP contribution in [0.1, 0.15) is 28.2 Å². The van der Waals surface area contributed by atoms with Crippen molar-refractivity contribution in [3.63, 3.8) is 0 Å². The summed E-state index contributed by atoms with van der Waals surface area (Å²) in [6.45, 7) is 1.40. The van der Waals surface area contributed by atoms with Crippen molar-refractivity contribution in [1.29, 1.82) is 0 Å². The molecule has 0 saturated carbocycles. The number of nitrogens with one attached hydrogen (secondary N) is 1. The number of aliphatic carboxylic acids is 1. The van der Waals surface area contributed by atoms with Crippen molar-refractivity contribution in [3.8, 4) is 0 Å². The molecule has 0 fully saturated rings. The summed E-state index contributed by atoms with van der Waals surface area (Å²) in [6, 6.07) is 10.6. The van der Waals surface area contributed by atoms with Crippen molar-refractivity contribution in [2.45, 2.75) is 25.9 Å². The van der Waals surface area contributed by atoms with Crippen LogP contribution in [0.4, 0.5) is 0 Å². The molecule has 136 valence electrons. The predicted molar refractivity (Wildman–Crippen MR) is 92.4 cm³/mol. The van der Waals surface area contributed by atoms with Gasteiger partial charge < -0.3 is 15.3 Å². The first-order chi connectivity index (χ1) is 12.5. The van der Waals surface area contributed by atoms with Crippen LogP contribution in [0.15, 0.2) is 36.4 Å². The van der Waals surface area contributed by atoms with Gasteiger partial charge in [0.25, 0.3) is 5.91 Å². The number of rotatable bonds is 6. The van der Waals surface area contributed by atoms with Crippen LogP contribution in [0.5, 0.6) is 0 Å². The van der Waals surface area contributed by atoms with Crippen LogP contribution in [-0.4, -0.2) is 50.7 Å². The van der Waals surface area contributed by atoms with Gasteiger partial charge in [-0.1, -0.05) is 18.2 Å². The number of hydrogen-bond donors (Lipinski definition) is 2. The first-order valence-electron chi connectivity index (χ1n) is 8.41. The summed E-state index contributed by atoms with van der Waals surface area (Å²) < 4.78 is 1.81. The van der Waals surface area contributed by atoms with E-state index >= 15 is 0 Å². The van der Waals surface area contributed by atoms with E-state index in [9.17, 15) is 14.4 Å². The fourth-order valence-electron chi connectivity index (χ4n) is 2.86. The first-order valence-corrected chi connectivity index (χ1v) is 8.41. The summed E-state index contributed by atoms with van der Waals surface area (Å²) in [5.74, 6) is -1.30. The van der Waals surface area contributed by atoms with Crippen LogP contribution in [0.2, 0.25) is 0 Å². The molecular weight excluding hydrogens is 336 g/mol. The van der Waals surface area contributed by atoms with Gasteiger partial charge in [-0.2, -0.15) is 5.10 Å². The summed E-state index contributed by atoms with van der Waals surface area (Å²) in [6.07, 6.45) is 0.404. The second-order valence-electron chi connectivity index (χ2n) is 6.11. The number of nitrogens with zero attached hydrogens (tertiary/aromatic N) is 3. The molecule has 0 saturated heterocycles. The zero-order chi connectivity index (χ0) is 18.5. The third-order valence-corrected chi connectivity index (χ3v) is 4.23. The number of carbonyl (C=O) groups excluding carboxylic acids is 2. The number of carboxylic acid groups (broad SMARTS) is 1. The van der Waals surface area contributed by atoms with Gasteiger partial charge in [0.2, 0.25) is 5.91 Å². The Morgan fingerprint density at radius 2 is 1.92 bits per heavy atom. The maximum atomic E-state index is 12.4. The molecule has 1 aliphatic rings. The van der Waals surface area contributed by atoms with E-state index < -0.39 is 5.97 Å². The number of aryl methyl sites for hydroxylation is 1. The Labute approximate surface area is 150 Å². The number of fused-ring (bicyclic) bond motifs is 1. The standard InChI is InChI=1S/C18H20N4O4/c23-16(11-19-18(26)13-4-2-1-3-5-13)21-8-9-22-15(12-21)10-14(20-22)6-7-17(24)25/h1-5,10H,6-9,11-12H2,(H,19,26)(H,24,25). The van der Waals surface area contributed by atoms with Crippen LogP contribution in [0.3, 0.4) is 0 Å². The molecule has 2 heterocycles. The molecule has 2 aromatic rings. The van der Waals surface area contributed by atoms with E-state index in [1.807, 2.05) is 16.8 Å². The molecule has 1 aliphatic heterocycles. The summed E-state index contributed by atoms with van der Waals surface area (Å²) in [7, 11) is 0. The molecule has 0 atom stereocenters. The van der Waals surface area contributed by atoms with Crippen molar-refractivity contribution in [1.82, 2.24) is 20.0 Å². The van der Waals surface area contributed by atoms with E-state index in [1.165, 1.54) is 0 Å². The van der Waals surface area contributed by atoms with Gasteiger partial charge >= 0.3 is 5.97 Å². The molecular formula is C18H20N4O4. The lowest BCUT2D eigenvalue weighted by Crippen LogP contribution is -2.43. The second kappa shape index (κ2) is 7.81. The summed E-state index contributed by atoms with van der Waals surface area (Å²) in [5.41, 5.74) is 2.11. The van der Waals surface area contributed by atoms with Crippen molar-refractivity contribution in [2.24, 2.45) is 0 Å². The van der Waals surface area contributed by atoms with Crippen molar-refractivity contribution in [3.05, 3.63) is 53.3 Å². The number of carboxylic acids is 1. The van der Waals surface area contributed by atoms with Gasteiger partial charge in [-0.3, -0.25) is 19.1 Å². The highest BCUT2D eigenvalue weighted by molar-refractivity contribution is 5.96. The first kappa shape index (κ1) is 17.7. The zero-order valence-electron chi connectivity index (χ0n) is 14.2. The van der Waals surface area contributed by atoms with Gasteiger partial charge in [-0.05, 0) is 18.2 Å². The third-order valence-electron chi connectivity index (χ3n) is 4.23. The summed E-state index contributed by atoms with van der Waals surface area (Å²) in [5, 5.41) is 15.8. The predicted octanol–water partition coefficient (Wildman–Crippen LogP) is 0.673. The van der Waals surface area contributed by atoms with Crippen LogP contribution in [0.25, 0.3) is 0 Å². The van der Waals surface area contributed by atoms with Gasteiger partial charge in [-0.15, -0.1) is 0 Å². The van der Waals surface area contributed by atoms with E-state index in [-0.39, 0.29) is 24.8 Å². The average molecular weight is 356 g/mol. The monoisotopic (exact) mass is 356 g/mol. The zero-order valence-corrected chi connectivity index (χ0v) is 14.2. The number of hydrogen-bond acceptors (Lipinski definition) is 4. The maximum absolute atomic E-state index is 12.4. The Balaban J connectivity index is 1.54. The fourth-order valence-corrected chi connectivity index (χ4v) is 2.86. The Kier molecular flexibility index (Phi) is 5.31. The summed E-state index contributed by atoms with van der Waals surface area (Å²) >= 11 is 0. The molecule has 0 spiro atoms. The van der Waals surface area contributed by atoms with Gasteiger partial charge in [0.05, 0.1) is 37.4 Å². The lowest BCUT2D eigenvalue weighted by atomic mass is 10.2.